The summed E-state index contributed by atoms with van der Waals surface area (Å²) in [7, 11) is 2.40. The average Bonchev–Trinajstić information content (AvgIpc) is 1.47. The number of allylic oxidation sites excluding steroid dienone is 2. The number of hydrogen-bond acceptors (Lipinski definition) is 32. The second-order valence-corrected chi connectivity index (χ2v) is 31.4. The Morgan fingerprint density at radius 3 is 1.67 bits per heavy atom. The Hall–Kier alpha value is -2.44. The first kappa shape index (κ1) is 78.6. The second kappa shape index (κ2) is 30.7. The number of esters is 2. The van der Waals surface area contributed by atoms with Gasteiger partial charge in [0.05, 0.1) is 50.7 Å². The van der Waals surface area contributed by atoms with Gasteiger partial charge in [0.25, 0.3) is 0 Å². The van der Waals surface area contributed by atoms with Crippen LogP contribution >= 0.6 is 0 Å². The molecule has 7 heterocycles. The van der Waals surface area contributed by atoms with E-state index in [0.717, 1.165) is 19.3 Å². The summed E-state index contributed by atoms with van der Waals surface area (Å²) in [5, 5.41) is 156. The summed E-state index contributed by atoms with van der Waals surface area (Å²) in [6.07, 6.45) is -38.9. The smallest absolute Gasteiger partial charge is 0.313 e. The third-order valence-corrected chi connectivity index (χ3v) is 24.7. The number of cyclic esters (lactones) is 1. The van der Waals surface area contributed by atoms with Gasteiger partial charge in [-0.05, 0) is 93.8 Å². The highest BCUT2D eigenvalue weighted by molar-refractivity contribution is 5.83. The molecule has 10 fully saturated rings. The number of hydrogen-bond donors (Lipinski definition) is 14. The second-order valence-electron chi connectivity index (χ2n) is 31.4. The Kier molecular flexibility index (Phi) is 24.1. The van der Waals surface area contributed by atoms with Gasteiger partial charge in [0.2, 0.25) is 0 Å². The lowest BCUT2D eigenvalue weighted by Crippen LogP contribution is -2.67. The lowest BCUT2D eigenvalue weighted by molar-refractivity contribution is -0.394. The molecule has 3 saturated carbocycles. The standard InChI is InChI=1S/C68H110O32/c1-27(2)20-30(90-29(4)72)21-67(9)39-15-18-66(8)32-12-13-38-64(5,6)40(16-17-65(38,7)31(32)14-19-68(39,66)63(84)100-67)95-62-56(44(77)37(26-88-62)94-59-50(83)55(43(76)36(24-71)91-59)98-61-49(82)54(86-11)42(75)35(23-70)93-61)99-58-46(79)45(78)51(28(3)89-58)96-57-47(80)52(33(73)25-87-57)97-60-48(81)53(85-10)41(74)34(22-69)92-60/h12,27-28,30-31,33-62,69-71,73-83H,13-26H2,1-11H3/t28-,30+,31-,33-,34-,35-,36-,37-,38+,39-,40+,41-,42-,43-,44+,45-,46?,47-,48-,49-,50-,51-,52+,53+,54+,55+,56-,57+,58+,59+,60+,61+,62+,65-,66+,67+,68-/m1/s1. The van der Waals surface area contributed by atoms with Crippen molar-refractivity contribution in [1.29, 1.82) is 0 Å². The Balaban J connectivity index is 0.828. The van der Waals surface area contributed by atoms with E-state index in [1.807, 2.05) is 6.92 Å². The molecule has 0 aromatic rings. The van der Waals surface area contributed by atoms with Gasteiger partial charge in [-0.25, -0.2) is 0 Å². The number of ether oxygens (including phenoxy) is 16. The molecule has 0 aromatic carbocycles. The summed E-state index contributed by atoms with van der Waals surface area (Å²) in [5.74, 6) is -0.347. The molecule has 32 nitrogen and oxygen atoms in total. The lowest BCUT2D eigenvalue weighted by Gasteiger charge is -2.64. The Morgan fingerprint density at radius 2 is 1.09 bits per heavy atom. The molecule has 37 atom stereocenters. The van der Waals surface area contributed by atoms with Crippen molar-refractivity contribution in [2.24, 2.45) is 45.3 Å². The molecule has 7 aliphatic heterocycles. The van der Waals surface area contributed by atoms with E-state index in [0.29, 0.717) is 38.5 Å². The van der Waals surface area contributed by atoms with Crippen LogP contribution in [-0.2, 0) is 85.4 Å². The maximum atomic E-state index is 14.8. The van der Waals surface area contributed by atoms with Crippen LogP contribution in [-0.4, -0.2) is 321 Å². The SMILES string of the molecule is CO[C@@H]1[C@@H](O)[C@H](O[C@@H]2[C@@H](O)[C@H](O[C@@H]3CO[C@@H](O[C@H]4CC[C@]5(C)[C@@H]6CC[C@]78C(=O)O[C@@](C)(C[C@H](CC(C)C)OC(C)=O)[C@H]7CC[C@@]8(C)C6=CC[C@H]5C4(C)C)[C@H](O[C@@H]4O[C@H](C)[C@@H](O[C@@H]5OC[C@@H](O)[C@H](O[C@@H]6O[C@H](CO)[C@@H](O)[C@H](OC)[C@H]6O)[C@H]5O)[C@H](O)C4O)[C@H]3O)O[C@H](CO)[C@H]2O)O[C@H](CO)[C@H]1O. The molecule has 100 heavy (non-hydrogen) atoms. The van der Waals surface area contributed by atoms with E-state index < -0.39 is 239 Å². The highest BCUT2D eigenvalue weighted by Gasteiger charge is 2.77. The van der Waals surface area contributed by atoms with Crippen molar-refractivity contribution in [1.82, 2.24) is 0 Å². The van der Waals surface area contributed by atoms with Crippen molar-refractivity contribution in [2.75, 3.05) is 47.3 Å². The molecule has 11 rings (SSSR count). The normalized spacial score (nSPS) is 51.3. The van der Waals surface area contributed by atoms with Gasteiger partial charge >= 0.3 is 11.9 Å². The van der Waals surface area contributed by atoms with Crippen molar-refractivity contribution < 1.29 is 157 Å². The zero-order valence-electron chi connectivity index (χ0n) is 58.7. The van der Waals surface area contributed by atoms with Crippen LogP contribution < -0.4 is 0 Å². The maximum absolute atomic E-state index is 14.8. The van der Waals surface area contributed by atoms with Crippen molar-refractivity contribution >= 4 is 11.9 Å². The molecule has 0 amide bonds. The minimum Gasteiger partial charge on any atom is -0.462 e. The first-order valence-electron chi connectivity index (χ1n) is 35.4. The minimum atomic E-state index is -2.02. The molecule has 11 aliphatic rings. The maximum Gasteiger partial charge on any atom is 0.313 e. The number of carbonyl (C=O) groups excluding carboxylic acids is 2. The van der Waals surface area contributed by atoms with Crippen LogP contribution in [0.25, 0.3) is 0 Å². The predicted molar refractivity (Wildman–Crippen MR) is 335 cm³/mol. The minimum absolute atomic E-state index is 0.0151. The monoisotopic (exact) mass is 1440 g/mol. The van der Waals surface area contributed by atoms with Crippen LogP contribution in [0.2, 0.25) is 0 Å². The van der Waals surface area contributed by atoms with Gasteiger partial charge in [-0.15, -0.1) is 0 Å². The first-order chi connectivity index (χ1) is 47.2. The summed E-state index contributed by atoms with van der Waals surface area (Å²) in [6, 6.07) is 0. The molecule has 1 spiro atoms. The number of rotatable bonds is 22. The van der Waals surface area contributed by atoms with Crippen molar-refractivity contribution in [2.45, 2.75) is 310 Å². The molecule has 32 heteroatoms. The van der Waals surface area contributed by atoms with Gasteiger partial charge < -0.3 is 147 Å². The van der Waals surface area contributed by atoms with Crippen LogP contribution in [0.15, 0.2) is 11.6 Å². The molecule has 1 unspecified atom stereocenters. The third-order valence-electron chi connectivity index (χ3n) is 24.7. The molecule has 0 aromatic heterocycles. The van der Waals surface area contributed by atoms with E-state index in [1.54, 1.807) is 0 Å². The molecule has 4 aliphatic carbocycles. The highest BCUT2D eigenvalue weighted by Crippen LogP contribution is 2.76. The quantitative estimate of drug-likeness (QED) is 0.0384. The van der Waals surface area contributed by atoms with E-state index in [-0.39, 0.29) is 41.0 Å². The number of fused-ring (bicyclic) bond motifs is 4. The van der Waals surface area contributed by atoms with Crippen LogP contribution in [0, 0.1) is 45.3 Å². The Labute approximate surface area is 581 Å². The number of carbonyl (C=O) groups is 2. The van der Waals surface area contributed by atoms with Gasteiger partial charge in [0.15, 0.2) is 37.7 Å². The van der Waals surface area contributed by atoms with Crippen LogP contribution in [0.1, 0.15) is 120 Å². The summed E-state index contributed by atoms with van der Waals surface area (Å²) in [4.78, 5) is 27.2. The Bertz CT molecular complexity index is 2800. The van der Waals surface area contributed by atoms with Gasteiger partial charge in [-0.3, -0.25) is 9.59 Å². The van der Waals surface area contributed by atoms with Crippen LogP contribution in [0.5, 0.6) is 0 Å². The lowest BCUT2D eigenvalue weighted by atomic mass is 9.41. The summed E-state index contributed by atoms with van der Waals surface area (Å²) < 4.78 is 96.2. The van der Waals surface area contributed by atoms with Crippen LogP contribution in [0.3, 0.4) is 0 Å². The first-order valence-corrected chi connectivity index (χ1v) is 35.4. The molecule has 7 saturated heterocycles. The van der Waals surface area contributed by atoms with Gasteiger partial charge in [0.1, 0.15) is 140 Å². The number of methoxy groups -OCH3 is 2. The van der Waals surface area contributed by atoms with E-state index in [1.165, 1.54) is 33.6 Å². The fraction of sp³-hybridized carbons (Fsp3) is 0.941. The van der Waals surface area contributed by atoms with Crippen molar-refractivity contribution in [3.8, 4) is 0 Å². The molecule has 0 radical (unpaired) electrons. The van der Waals surface area contributed by atoms with E-state index in [9.17, 15) is 81.1 Å². The summed E-state index contributed by atoms with van der Waals surface area (Å²) in [6.45, 7) is 14.5. The molecular weight excluding hydrogens is 1330 g/mol. The fourth-order valence-electron chi connectivity index (χ4n) is 19.6. The zero-order chi connectivity index (χ0) is 72.8. The number of aliphatic hydroxyl groups is 14. The van der Waals surface area contributed by atoms with Gasteiger partial charge in [-0.1, -0.05) is 53.2 Å². The fourth-order valence-corrected chi connectivity index (χ4v) is 19.6. The highest BCUT2D eigenvalue weighted by atomic mass is 16.8. The topological polar surface area (TPSA) is 465 Å². The molecule has 14 N–H and O–H groups in total. The molecule has 574 valence electrons. The van der Waals surface area contributed by atoms with E-state index >= 15 is 0 Å². The number of aliphatic hydroxyl groups excluding tert-OH is 14. The third kappa shape index (κ3) is 13.9. The van der Waals surface area contributed by atoms with Crippen molar-refractivity contribution in [3.05, 3.63) is 11.6 Å². The summed E-state index contributed by atoms with van der Waals surface area (Å²) >= 11 is 0. The van der Waals surface area contributed by atoms with Gasteiger partial charge in [0, 0.05) is 38.9 Å². The van der Waals surface area contributed by atoms with E-state index in [2.05, 4.69) is 47.6 Å². The predicted octanol–water partition coefficient (Wildman–Crippen LogP) is -2.82. The molecular formula is C68H110O32. The van der Waals surface area contributed by atoms with E-state index in [4.69, 9.17) is 75.8 Å². The average molecular weight is 1440 g/mol. The van der Waals surface area contributed by atoms with Crippen LogP contribution in [0.4, 0.5) is 0 Å². The zero-order valence-corrected chi connectivity index (χ0v) is 58.7. The molecule has 0 bridgehead atoms. The summed E-state index contributed by atoms with van der Waals surface area (Å²) in [5.41, 5.74) is -1.80. The van der Waals surface area contributed by atoms with Crippen molar-refractivity contribution in [3.63, 3.8) is 0 Å². The largest absolute Gasteiger partial charge is 0.462 e. The Morgan fingerprint density at radius 1 is 0.560 bits per heavy atom. The van der Waals surface area contributed by atoms with Gasteiger partial charge in [-0.2, -0.15) is 0 Å².